The fourth-order valence-corrected chi connectivity index (χ4v) is 2.76. The third-order valence-electron chi connectivity index (χ3n) is 4.42. The van der Waals surface area contributed by atoms with Crippen LogP contribution in [0.2, 0.25) is 0 Å². The fourth-order valence-electron chi connectivity index (χ4n) is 2.76. The smallest absolute Gasteiger partial charge is 0.251 e. The summed E-state index contributed by atoms with van der Waals surface area (Å²) < 4.78 is 13.9. The number of primary amides is 1. The van der Waals surface area contributed by atoms with Crippen molar-refractivity contribution in [1.82, 2.24) is 9.97 Å². The molecular formula is C22H21FN6O2. The van der Waals surface area contributed by atoms with E-state index in [9.17, 15) is 14.0 Å². The van der Waals surface area contributed by atoms with E-state index >= 15 is 0 Å². The van der Waals surface area contributed by atoms with Crippen LogP contribution in [-0.2, 0) is 4.79 Å². The molecule has 3 aromatic rings. The van der Waals surface area contributed by atoms with Crippen molar-refractivity contribution < 1.29 is 14.0 Å². The molecule has 0 saturated heterocycles. The Morgan fingerprint density at radius 1 is 1.06 bits per heavy atom. The molecule has 2 aromatic carbocycles. The number of nitrogens with zero attached hydrogens (tertiary/aromatic N) is 2. The van der Waals surface area contributed by atoms with E-state index in [1.54, 1.807) is 31.3 Å². The van der Waals surface area contributed by atoms with Crippen molar-refractivity contribution in [3.8, 4) is 0 Å². The summed E-state index contributed by atoms with van der Waals surface area (Å²) in [4.78, 5) is 31.8. The number of hydrogen-bond acceptors (Lipinski definition) is 6. The van der Waals surface area contributed by atoms with Gasteiger partial charge in [0.05, 0.1) is 16.9 Å². The van der Waals surface area contributed by atoms with Crippen LogP contribution in [0.4, 0.5) is 33.2 Å². The van der Waals surface area contributed by atoms with Crippen LogP contribution >= 0.6 is 0 Å². The monoisotopic (exact) mass is 420 g/mol. The maximum absolute atomic E-state index is 13.9. The number of benzene rings is 2. The van der Waals surface area contributed by atoms with Crippen molar-refractivity contribution >= 4 is 40.6 Å². The average molecular weight is 420 g/mol. The molecule has 8 nitrogen and oxygen atoms in total. The first kappa shape index (κ1) is 21.4. The molecule has 0 aliphatic carbocycles. The van der Waals surface area contributed by atoms with Crippen LogP contribution in [-0.4, -0.2) is 21.8 Å². The van der Waals surface area contributed by atoms with Crippen LogP contribution in [0, 0.1) is 19.7 Å². The van der Waals surface area contributed by atoms with Gasteiger partial charge in [-0.25, -0.2) is 9.37 Å². The van der Waals surface area contributed by atoms with E-state index < -0.39 is 11.7 Å². The Morgan fingerprint density at radius 3 is 2.45 bits per heavy atom. The molecule has 1 aromatic heterocycles. The number of amides is 2. The highest BCUT2D eigenvalue weighted by Crippen LogP contribution is 2.28. The van der Waals surface area contributed by atoms with Gasteiger partial charge in [-0.2, -0.15) is 4.98 Å². The first-order valence-electron chi connectivity index (χ1n) is 9.28. The lowest BCUT2D eigenvalue weighted by molar-refractivity contribution is -0.111. The number of hydrogen-bond donors (Lipinski definition) is 4. The standard InChI is InChI=1S/C22H21FN6O2/c1-4-19(30)26-16-7-5-6-8-17(16)27-21-13(3)11-25-22(29-21)28-18-10-14(20(24)31)15(23)9-12(18)2/h4-11H,1H2,2-3H3,(H2,24,31)(H,26,30)(H2,25,27,28,29). The maximum atomic E-state index is 13.9. The molecule has 3 rings (SSSR count). The molecule has 0 unspecified atom stereocenters. The van der Waals surface area contributed by atoms with Gasteiger partial charge >= 0.3 is 0 Å². The van der Waals surface area contributed by atoms with E-state index in [-0.39, 0.29) is 17.4 Å². The summed E-state index contributed by atoms with van der Waals surface area (Å²) >= 11 is 0. The molecule has 0 saturated carbocycles. The molecule has 1 heterocycles. The van der Waals surface area contributed by atoms with Crippen molar-refractivity contribution in [3.63, 3.8) is 0 Å². The predicted octanol–water partition coefficient (Wildman–Crippen LogP) is 3.94. The summed E-state index contributed by atoms with van der Waals surface area (Å²) in [5.41, 5.74) is 7.94. The number of carbonyl (C=O) groups is 2. The SMILES string of the molecule is C=CC(=O)Nc1ccccc1Nc1nc(Nc2cc(C(N)=O)c(F)cc2C)ncc1C. The molecule has 0 bridgehead atoms. The lowest BCUT2D eigenvalue weighted by atomic mass is 10.1. The van der Waals surface area contributed by atoms with Gasteiger partial charge in [-0.05, 0) is 49.8 Å². The van der Waals surface area contributed by atoms with Crippen molar-refractivity contribution in [2.75, 3.05) is 16.0 Å². The molecule has 5 N–H and O–H groups in total. The summed E-state index contributed by atoms with van der Waals surface area (Å²) in [6.45, 7) is 6.96. The zero-order chi connectivity index (χ0) is 22.5. The topological polar surface area (TPSA) is 122 Å². The first-order valence-corrected chi connectivity index (χ1v) is 9.28. The van der Waals surface area contributed by atoms with E-state index in [1.807, 2.05) is 13.0 Å². The van der Waals surface area contributed by atoms with Crippen molar-refractivity contribution in [2.45, 2.75) is 13.8 Å². The molecule has 0 atom stereocenters. The van der Waals surface area contributed by atoms with E-state index in [2.05, 4.69) is 32.5 Å². The van der Waals surface area contributed by atoms with E-state index in [1.165, 1.54) is 18.2 Å². The van der Waals surface area contributed by atoms with Crippen LogP contribution in [0.1, 0.15) is 21.5 Å². The van der Waals surface area contributed by atoms with Crippen LogP contribution in [0.3, 0.4) is 0 Å². The number of halogens is 1. The number of anilines is 5. The molecule has 31 heavy (non-hydrogen) atoms. The Morgan fingerprint density at radius 2 is 1.77 bits per heavy atom. The Kier molecular flexibility index (Phi) is 6.25. The quantitative estimate of drug-likeness (QED) is 0.430. The molecule has 0 spiro atoms. The minimum Gasteiger partial charge on any atom is -0.366 e. The van der Waals surface area contributed by atoms with Gasteiger partial charge in [-0.15, -0.1) is 0 Å². The summed E-state index contributed by atoms with van der Waals surface area (Å²) in [5, 5.41) is 8.89. The van der Waals surface area contributed by atoms with Crippen LogP contribution < -0.4 is 21.7 Å². The number of carbonyl (C=O) groups excluding carboxylic acids is 2. The molecule has 158 valence electrons. The van der Waals surface area contributed by atoms with Crippen molar-refractivity contribution in [2.24, 2.45) is 5.73 Å². The van der Waals surface area contributed by atoms with Crippen LogP contribution in [0.5, 0.6) is 0 Å². The van der Waals surface area contributed by atoms with Gasteiger partial charge in [0, 0.05) is 17.4 Å². The summed E-state index contributed by atoms with van der Waals surface area (Å²) in [7, 11) is 0. The largest absolute Gasteiger partial charge is 0.366 e. The molecule has 0 aliphatic rings. The van der Waals surface area contributed by atoms with Crippen molar-refractivity contribution in [1.29, 1.82) is 0 Å². The highest BCUT2D eigenvalue weighted by Gasteiger charge is 2.14. The lowest BCUT2D eigenvalue weighted by Crippen LogP contribution is -2.14. The lowest BCUT2D eigenvalue weighted by Gasteiger charge is -2.15. The van der Waals surface area contributed by atoms with E-state index in [4.69, 9.17) is 5.73 Å². The Balaban J connectivity index is 1.91. The maximum Gasteiger partial charge on any atom is 0.251 e. The summed E-state index contributed by atoms with van der Waals surface area (Å²) in [6.07, 6.45) is 2.79. The minimum absolute atomic E-state index is 0.228. The molecule has 0 aliphatic heterocycles. The highest BCUT2D eigenvalue weighted by molar-refractivity contribution is 6.01. The van der Waals surface area contributed by atoms with Gasteiger partial charge in [0.2, 0.25) is 11.9 Å². The van der Waals surface area contributed by atoms with Gasteiger partial charge in [-0.3, -0.25) is 9.59 Å². The fraction of sp³-hybridized carbons (Fsp3) is 0.0909. The van der Waals surface area contributed by atoms with Gasteiger partial charge in [-0.1, -0.05) is 18.7 Å². The second kappa shape index (κ2) is 9.04. The second-order valence-electron chi connectivity index (χ2n) is 6.73. The summed E-state index contributed by atoms with van der Waals surface area (Å²) in [6, 6.07) is 9.67. The van der Waals surface area contributed by atoms with E-state index in [0.29, 0.717) is 28.4 Å². The zero-order valence-electron chi connectivity index (χ0n) is 17.0. The normalized spacial score (nSPS) is 10.3. The number of rotatable bonds is 7. The molecule has 0 fully saturated rings. The average Bonchev–Trinajstić information content (AvgIpc) is 2.73. The molecule has 2 amide bonds. The number of nitrogens with one attached hydrogen (secondary N) is 3. The second-order valence-corrected chi connectivity index (χ2v) is 6.73. The minimum atomic E-state index is -0.870. The molecule has 0 radical (unpaired) electrons. The van der Waals surface area contributed by atoms with Crippen LogP contribution in [0.25, 0.3) is 0 Å². The third-order valence-corrected chi connectivity index (χ3v) is 4.42. The number of aryl methyl sites for hydroxylation is 2. The molecular weight excluding hydrogens is 399 g/mol. The molecule has 9 heteroatoms. The Hall–Kier alpha value is -4.27. The van der Waals surface area contributed by atoms with Crippen molar-refractivity contribution in [3.05, 3.63) is 77.8 Å². The highest BCUT2D eigenvalue weighted by atomic mass is 19.1. The summed E-state index contributed by atoms with van der Waals surface area (Å²) in [5.74, 6) is -1.18. The van der Waals surface area contributed by atoms with Gasteiger partial charge < -0.3 is 21.7 Å². The van der Waals surface area contributed by atoms with E-state index in [0.717, 1.165) is 5.56 Å². The van der Waals surface area contributed by atoms with Gasteiger partial charge in [0.25, 0.3) is 5.91 Å². The van der Waals surface area contributed by atoms with Gasteiger partial charge in [0.15, 0.2) is 0 Å². The number of para-hydroxylation sites is 2. The van der Waals surface area contributed by atoms with Crippen LogP contribution in [0.15, 0.2) is 55.3 Å². The Bertz CT molecular complexity index is 1180. The number of aromatic nitrogens is 2. The first-order chi connectivity index (χ1) is 14.8. The zero-order valence-corrected chi connectivity index (χ0v) is 17.0. The Labute approximate surface area is 178 Å². The number of nitrogens with two attached hydrogens (primary N) is 1. The predicted molar refractivity (Wildman–Crippen MR) is 118 cm³/mol. The van der Waals surface area contributed by atoms with Gasteiger partial charge in [0.1, 0.15) is 11.6 Å². The third kappa shape index (κ3) is 5.02.